The van der Waals surface area contributed by atoms with E-state index in [-0.39, 0.29) is 19.4 Å². The van der Waals surface area contributed by atoms with E-state index in [9.17, 15) is 14.4 Å². The Kier molecular flexibility index (Phi) is 9.05. The highest BCUT2D eigenvalue weighted by Gasteiger charge is 2.27. The van der Waals surface area contributed by atoms with Gasteiger partial charge in [-0.1, -0.05) is 90.5 Å². The Hall–Kier alpha value is -3.84. The summed E-state index contributed by atoms with van der Waals surface area (Å²) in [6.45, 7) is 0.0583. The molecule has 176 valence electrons. The van der Waals surface area contributed by atoms with Crippen molar-refractivity contribution in [2.24, 2.45) is 5.73 Å². The third kappa shape index (κ3) is 7.64. The Morgan fingerprint density at radius 1 is 0.765 bits per heavy atom. The lowest BCUT2D eigenvalue weighted by molar-refractivity contribution is -0.128. The highest BCUT2D eigenvalue weighted by Crippen LogP contribution is 2.17. The summed E-state index contributed by atoms with van der Waals surface area (Å²) in [4.78, 5) is 37.6. The molecule has 0 spiro atoms. The van der Waals surface area contributed by atoms with E-state index in [4.69, 9.17) is 22.1 Å². The summed E-state index contributed by atoms with van der Waals surface area (Å²) in [7, 11) is 0. The van der Waals surface area contributed by atoms with Crippen LogP contribution >= 0.6 is 11.6 Å². The van der Waals surface area contributed by atoms with E-state index < -0.39 is 30.0 Å². The summed E-state index contributed by atoms with van der Waals surface area (Å²) < 4.78 is 5.27. The molecule has 0 unspecified atom stereocenters. The topological polar surface area (TPSA) is 111 Å². The number of hydrogen-bond acceptors (Lipinski definition) is 4. The molecular formula is C26H26ClN3O4. The van der Waals surface area contributed by atoms with Crippen LogP contribution in [0.4, 0.5) is 4.79 Å². The van der Waals surface area contributed by atoms with E-state index in [2.05, 4.69) is 10.6 Å². The molecule has 3 rings (SSSR count). The van der Waals surface area contributed by atoms with E-state index >= 15 is 0 Å². The first kappa shape index (κ1) is 24.8. The fourth-order valence-corrected chi connectivity index (χ4v) is 3.56. The number of nitrogens with one attached hydrogen (secondary N) is 2. The molecule has 0 fully saturated rings. The van der Waals surface area contributed by atoms with Crippen molar-refractivity contribution in [1.82, 2.24) is 10.6 Å². The average molecular weight is 480 g/mol. The van der Waals surface area contributed by atoms with Crippen molar-refractivity contribution in [1.29, 1.82) is 0 Å². The maximum atomic E-state index is 13.1. The molecule has 8 heteroatoms. The van der Waals surface area contributed by atoms with Gasteiger partial charge in [0.2, 0.25) is 11.8 Å². The largest absolute Gasteiger partial charge is 0.445 e. The van der Waals surface area contributed by atoms with Gasteiger partial charge in [0, 0.05) is 17.9 Å². The van der Waals surface area contributed by atoms with Crippen LogP contribution in [0.2, 0.25) is 5.02 Å². The van der Waals surface area contributed by atoms with Crippen molar-refractivity contribution in [2.45, 2.75) is 31.5 Å². The van der Waals surface area contributed by atoms with Gasteiger partial charge in [0.25, 0.3) is 0 Å². The highest BCUT2D eigenvalue weighted by atomic mass is 35.5. The number of nitrogens with two attached hydrogens (primary N) is 1. The summed E-state index contributed by atoms with van der Waals surface area (Å²) in [5, 5.41) is 5.72. The van der Waals surface area contributed by atoms with Crippen molar-refractivity contribution in [3.63, 3.8) is 0 Å². The zero-order valence-corrected chi connectivity index (χ0v) is 19.2. The summed E-state index contributed by atoms with van der Waals surface area (Å²) in [6.07, 6.45) is -0.427. The minimum absolute atomic E-state index is 0.0583. The minimum Gasteiger partial charge on any atom is -0.445 e. The van der Waals surface area contributed by atoms with E-state index in [0.717, 1.165) is 11.1 Å². The summed E-state index contributed by atoms with van der Waals surface area (Å²) >= 11 is 6.20. The molecule has 0 saturated heterocycles. The minimum atomic E-state index is -1.01. The molecular weight excluding hydrogens is 454 g/mol. The first-order valence-corrected chi connectivity index (χ1v) is 11.1. The van der Waals surface area contributed by atoms with Crippen LogP contribution in [0.25, 0.3) is 0 Å². The lowest BCUT2D eigenvalue weighted by atomic mass is 10.0. The van der Waals surface area contributed by atoms with Gasteiger partial charge >= 0.3 is 6.09 Å². The molecule has 7 nitrogen and oxygen atoms in total. The fourth-order valence-electron chi connectivity index (χ4n) is 3.35. The molecule has 0 aliphatic rings. The normalized spacial score (nSPS) is 12.3. The first-order valence-electron chi connectivity index (χ1n) is 10.8. The highest BCUT2D eigenvalue weighted by molar-refractivity contribution is 6.31. The van der Waals surface area contributed by atoms with Crippen LogP contribution in [-0.4, -0.2) is 30.0 Å². The van der Waals surface area contributed by atoms with E-state index in [1.807, 2.05) is 60.7 Å². The third-order valence-electron chi connectivity index (χ3n) is 5.15. The molecule has 0 aliphatic heterocycles. The molecule has 3 amide bonds. The number of ether oxygens (including phenoxy) is 1. The molecule has 4 N–H and O–H groups in total. The zero-order valence-electron chi connectivity index (χ0n) is 18.4. The second kappa shape index (κ2) is 12.4. The lowest BCUT2D eigenvalue weighted by Crippen LogP contribution is -2.54. The van der Waals surface area contributed by atoms with Gasteiger partial charge in [0.15, 0.2) is 0 Å². The van der Waals surface area contributed by atoms with Crippen molar-refractivity contribution >= 4 is 29.5 Å². The van der Waals surface area contributed by atoms with Gasteiger partial charge in [-0.15, -0.1) is 0 Å². The van der Waals surface area contributed by atoms with Gasteiger partial charge in [0.1, 0.15) is 18.7 Å². The number of halogens is 1. The van der Waals surface area contributed by atoms with Crippen molar-refractivity contribution < 1.29 is 19.1 Å². The van der Waals surface area contributed by atoms with Crippen LogP contribution < -0.4 is 16.4 Å². The number of primary amides is 1. The second-order valence-electron chi connectivity index (χ2n) is 7.71. The molecule has 0 radical (unpaired) electrons. The van der Waals surface area contributed by atoms with Crippen LogP contribution in [0, 0.1) is 0 Å². The van der Waals surface area contributed by atoms with Gasteiger partial charge in [-0.05, 0) is 22.8 Å². The van der Waals surface area contributed by atoms with Crippen LogP contribution in [0.3, 0.4) is 0 Å². The van der Waals surface area contributed by atoms with E-state index in [1.54, 1.807) is 24.3 Å². The lowest BCUT2D eigenvalue weighted by Gasteiger charge is -2.22. The van der Waals surface area contributed by atoms with Gasteiger partial charge in [-0.2, -0.15) is 0 Å². The maximum Gasteiger partial charge on any atom is 0.408 e. The quantitative estimate of drug-likeness (QED) is 0.414. The molecule has 3 aromatic carbocycles. The van der Waals surface area contributed by atoms with Gasteiger partial charge in [-0.3, -0.25) is 9.59 Å². The van der Waals surface area contributed by atoms with Crippen LogP contribution in [0.5, 0.6) is 0 Å². The predicted molar refractivity (Wildman–Crippen MR) is 130 cm³/mol. The molecule has 0 aromatic heterocycles. The number of carbonyl (C=O) groups excluding carboxylic acids is 3. The Balaban J connectivity index is 1.70. The van der Waals surface area contributed by atoms with E-state index in [0.29, 0.717) is 10.6 Å². The number of carbonyl (C=O) groups is 3. The Bertz CT molecular complexity index is 1110. The third-order valence-corrected chi connectivity index (χ3v) is 5.51. The van der Waals surface area contributed by atoms with Gasteiger partial charge < -0.3 is 21.1 Å². The molecule has 0 heterocycles. The van der Waals surface area contributed by atoms with Crippen LogP contribution in [-0.2, 0) is 33.8 Å². The van der Waals surface area contributed by atoms with Crippen LogP contribution in [0.15, 0.2) is 84.9 Å². The fraction of sp³-hybridized carbons (Fsp3) is 0.192. The Morgan fingerprint density at radius 3 is 1.97 bits per heavy atom. The Labute approximate surface area is 203 Å². The number of benzene rings is 3. The SMILES string of the molecule is NC(=O)[C@H](Cc1ccccc1Cl)NC(=O)[C@@H](Cc1ccccc1)NC(=O)OCc1ccccc1. The van der Waals surface area contributed by atoms with Gasteiger partial charge in [0.05, 0.1) is 0 Å². The average Bonchev–Trinajstić information content (AvgIpc) is 2.84. The van der Waals surface area contributed by atoms with Crippen molar-refractivity contribution in [2.75, 3.05) is 0 Å². The monoisotopic (exact) mass is 479 g/mol. The summed E-state index contributed by atoms with van der Waals surface area (Å²) in [5.74, 6) is -1.27. The summed E-state index contributed by atoms with van der Waals surface area (Å²) in [6, 6.07) is 23.4. The molecule has 0 aliphatic carbocycles. The molecule has 0 saturated carbocycles. The second-order valence-corrected chi connectivity index (χ2v) is 8.11. The Morgan fingerprint density at radius 2 is 1.35 bits per heavy atom. The predicted octanol–water partition coefficient (Wildman–Crippen LogP) is 3.39. The van der Waals surface area contributed by atoms with E-state index in [1.165, 1.54) is 0 Å². The smallest absolute Gasteiger partial charge is 0.408 e. The van der Waals surface area contributed by atoms with Crippen LogP contribution in [0.1, 0.15) is 16.7 Å². The molecule has 34 heavy (non-hydrogen) atoms. The standard InChI is InChI=1S/C26H26ClN3O4/c27-21-14-8-7-13-20(21)16-22(24(28)31)29-25(32)23(15-18-9-3-1-4-10-18)30-26(33)34-17-19-11-5-2-6-12-19/h1-14,22-23H,15-17H2,(H2,28,31)(H,29,32)(H,30,33)/t22-,23+/m0/s1. The number of alkyl carbamates (subject to hydrolysis) is 1. The number of rotatable bonds is 10. The number of hydrogen-bond donors (Lipinski definition) is 3. The molecule has 3 aromatic rings. The van der Waals surface area contributed by atoms with Gasteiger partial charge in [-0.25, -0.2) is 4.79 Å². The molecule has 0 bridgehead atoms. The maximum absolute atomic E-state index is 13.1. The number of amides is 3. The first-order chi connectivity index (χ1) is 16.4. The van der Waals surface area contributed by atoms with Crippen molar-refractivity contribution in [3.05, 3.63) is 107 Å². The summed E-state index contributed by atoms with van der Waals surface area (Å²) in [5.41, 5.74) is 7.85. The molecule has 2 atom stereocenters. The van der Waals surface area contributed by atoms with Crippen molar-refractivity contribution in [3.8, 4) is 0 Å². The zero-order chi connectivity index (χ0) is 24.3.